The molecule has 1 N–H and O–H groups in total. The van der Waals surface area contributed by atoms with Crippen LogP contribution in [0.3, 0.4) is 0 Å². The topological polar surface area (TPSA) is 105 Å². The quantitative estimate of drug-likeness (QED) is 0.611. The highest BCUT2D eigenvalue weighted by Crippen LogP contribution is 2.31. The molecule has 1 fully saturated rings. The maximum absolute atomic E-state index is 13.8. The molecule has 9 heteroatoms. The number of rotatable bonds is 5. The number of hydrogen-bond acceptors (Lipinski definition) is 6. The summed E-state index contributed by atoms with van der Waals surface area (Å²) in [7, 11) is 1.57. The molecular weight excluding hydrogens is 446 g/mol. The van der Waals surface area contributed by atoms with Crippen LogP contribution >= 0.6 is 0 Å². The Kier molecular flexibility index (Phi) is 7.05. The zero-order valence-corrected chi connectivity index (χ0v) is 19.9. The van der Waals surface area contributed by atoms with Gasteiger partial charge < -0.3 is 19.9 Å². The van der Waals surface area contributed by atoms with Gasteiger partial charge in [-0.25, -0.2) is 4.98 Å². The number of aryl methyl sites for hydroxylation is 1. The van der Waals surface area contributed by atoms with Crippen LogP contribution in [0.5, 0.6) is 11.6 Å². The predicted octanol–water partition coefficient (Wildman–Crippen LogP) is 2.98. The lowest BCUT2D eigenvalue weighted by molar-refractivity contribution is -0.131. The molecule has 0 spiro atoms. The van der Waals surface area contributed by atoms with Crippen LogP contribution in [0.25, 0.3) is 0 Å². The Hall–Kier alpha value is -4.27. The van der Waals surface area contributed by atoms with Crippen LogP contribution in [0, 0.1) is 6.92 Å². The van der Waals surface area contributed by atoms with Crippen molar-refractivity contribution in [2.24, 2.45) is 0 Å². The summed E-state index contributed by atoms with van der Waals surface area (Å²) in [6.07, 6.45) is 3.14. The van der Waals surface area contributed by atoms with Crippen LogP contribution in [0.15, 0.2) is 60.9 Å². The van der Waals surface area contributed by atoms with Gasteiger partial charge >= 0.3 is 0 Å². The maximum Gasteiger partial charge on any atom is 0.259 e. The van der Waals surface area contributed by atoms with E-state index in [4.69, 9.17) is 4.74 Å². The van der Waals surface area contributed by atoms with Gasteiger partial charge in [0, 0.05) is 51.1 Å². The fraction of sp³-hybridized carbons (Fsp3) is 0.269. The highest BCUT2D eigenvalue weighted by molar-refractivity contribution is 5.97. The van der Waals surface area contributed by atoms with Crippen molar-refractivity contribution in [3.8, 4) is 11.6 Å². The lowest BCUT2D eigenvalue weighted by Gasteiger charge is -2.41. The molecule has 0 unspecified atom stereocenters. The van der Waals surface area contributed by atoms with Crippen molar-refractivity contribution >= 4 is 17.7 Å². The average Bonchev–Trinajstić information content (AvgIpc) is 2.89. The Balaban J connectivity index is 1.68. The van der Waals surface area contributed by atoms with E-state index in [-0.39, 0.29) is 23.6 Å². The second-order valence-corrected chi connectivity index (χ2v) is 8.28. The second-order valence-electron chi connectivity index (χ2n) is 8.28. The van der Waals surface area contributed by atoms with Crippen LogP contribution in [0.4, 0.5) is 0 Å². The fourth-order valence-corrected chi connectivity index (χ4v) is 4.04. The largest absolute Gasteiger partial charge is 0.437 e. The summed E-state index contributed by atoms with van der Waals surface area (Å²) in [4.78, 5) is 50.1. The van der Waals surface area contributed by atoms with Crippen molar-refractivity contribution in [3.05, 3.63) is 83.3 Å². The van der Waals surface area contributed by atoms with Crippen LogP contribution in [0.1, 0.15) is 44.9 Å². The maximum atomic E-state index is 13.8. The van der Waals surface area contributed by atoms with Gasteiger partial charge in [0.05, 0.1) is 12.2 Å². The number of hydrogen-bond donors (Lipinski definition) is 1. The second kappa shape index (κ2) is 10.3. The Labute approximate surface area is 203 Å². The number of nitrogens with one attached hydrogen (secondary N) is 1. The number of pyridine rings is 2. The monoisotopic (exact) mass is 473 g/mol. The lowest BCUT2D eigenvalue weighted by atomic mass is 9.98. The minimum atomic E-state index is -0.446. The van der Waals surface area contributed by atoms with Crippen molar-refractivity contribution in [2.75, 3.05) is 26.7 Å². The van der Waals surface area contributed by atoms with Crippen LogP contribution in [0.2, 0.25) is 0 Å². The standard InChI is InChI=1S/C26H27N5O4/c1-17-9-10-21(15-29-17)35-25-22(8-5-11-28-25)26(34)31-13-12-30(18(2)32)16-23(31)19-6-4-7-20(14-19)24(33)27-3/h4-11,14-15,23H,12-13,16H2,1-3H3,(H,27,33)/t23-/m1/s1. The van der Waals surface area contributed by atoms with Gasteiger partial charge in [0.2, 0.25) is 11.8 Å². The predicted molar refractivity (Wildman–Crippen MR) is 129 cm³/mol. The van der Waals surface area contributed by atoms with Gasteiger partial charge in [0.1, 0.15) is 11.3 Å². The molecule has 9 nitrogen and oxygen atoms in total. The number of carbonyl (C=O) groups excluding carboxylic acids is 3. The van der Waals surface area contributed by atoms with Gasteiger partial charge in [0.15, 0.2) is 0 Å². The zero-order chi connectivity index (χ0) is 24.9. The van der Waals surface area contributed by atoms with E-state index in [1.165, 1.54) is 6.92 Å². The Morgan fingerprint density at radius 1 is 1.06 bits per heavy atom. The fourth-order valence-electron chi connectivity index (χ4n) is 4.04. The normalized spacial score (nSPS) is 15.5. The van der Waals surface area contributed by atoms with Crippen molar-refractivity contribution < 1.29 is 19.1 Å². The Bertz CT molecular complexity index is 1240. The van der Waals surface area contributed by atoms with E-state index in [0.717, 1.165) is 11.3 Å². The number of amides is 3. The van der Waals surface area contributed by atoms with E-state index in [0.29, 0.717) is 36.5 Å². The summed E-state index contributed by atoms with van der Waals surface area (Å²) < 4.78 is 5.90. The van der Waals surface area contributed by atoms with Gasteiger partial charge in [0.25, 0.3) is 11.8 Å². The third kappa shape index (κ3) is 5.29. The minimum absolute atomic E-state index is 0.0678. The van der Waals surface area contributed by atoms with Gasteiger partial charge in [-0.1, -0.05) is 12.1 Å². The van der Waals surface area contributed by atoms with Crippen molar-refractivity contribution in [3.63, 3.8) is 0 Å². The van der Waals surface area contributed by atoms with E-state index in [1.807, 2.05) is 19.1 Å². The van der Waals surface area contributed by atoms with Gasteiger partial charge in [-0.15, -0.1) is 0 Å². The Morgan fingerprint density at radius 3 is 2.60 bits per heavy atom. The number of nitrogens with zero attached hydrogens (tertiary/aromatic N) is 4. The molecule has 1 aliphatic heterocycles. The zero-order valence-electron chi connectivity index (χ0n) is 19.9. The van der Waals surface area contributed by atoms with E-state index >= 15 is 0 Å². The molecule has 3 heterocycles. The molecule has 180 valence electrons. The number of aromatic nitrogens is 2. The molecular formula is C26H27N5O4. The molecule has 0 bridgehead atoms. The van der Waals surface area contributed by atoms with Gasteiger partial charge in [-0.05, 0) is 48.9 Å². The average molecular weight is 474 g/mol. The summed E-state index contributed by atoms with van der Waals surface area (Å²) in [5.41, 5.74) is 2.39. The summed E-state index contributed by atoms with van der Waals surface area (Å²) in [6, 6.07) is 13.6. The molecule has 1 aromatic carbocycles. The van der Waals surface area contributed by atoms with Gasteiger partial charge in [-0.3, -0.25) is 19.4 Å². The highest BCUT2D eigenvalue weighted by Gasteiger charge is 2.34. The molecule has 1 atom stereocenters. The van der Waals surface area contributed by atoms with Gasteiger partial charge in [-0.2, -0.15) is 0 Å². The number of ether oxygens (including phenoxy) is 1. The first-order valence-electron chi connectivity index (χ1n) is 11.3. The SMILES string of the molecule is CNC(=O)c1cccc([C@H]2CN(C(C)=O)CCN2C(=O)c2cccnc2Oc2ccc(C)nc2)c1. The molecule has 0 aliphatic carbocycles. The smallest absolute Gasteiger partial charge is 0.259 e. The molecule has 4 rings (SSSR count). The molecule has 1 aliphatic rings. The Morgan fingerprint density at radius 2 is 1.89 bits per heavy atom. The summed E-state index contributed by atoms with van der Waals surface area (Å²) in [5, 5.41) is 2.62. The summed E-state index contributed by atoms with van der Waals surface area (Å²) >= 11 is 0. The first kappa shape index (κ1) is 23.9. The molecule has 0 saturated carbocycles. The summed E-state index contributed by atoms with van der Waals surface area (Å²) in [6.45, 7) is 4.44. The number of carbonyl (C=O) groups is 3. The van der Waals surface area contributed by atoms with Crippen molar-refractivity contribution in [2.45, 2.75) is 19.9 Å². The van der Waals surface area contributed by atoms with E-state index in [2.05, 4.69) is 15.3 Å². The molecule has 2 aromatic heterocycles. The van der Waals surface area contributed by atoms with Crippen LogP contribution < -0.4 is 10.1 Å². The lowest BCUT2D eigenvalue weighted by Crippen LogP contribution is -2.52. The minimum Gasteiger partial charge on any atom is -0.437 e. The molecule has 1 saturated heterocycles. The third-order valence-corrected chi connectivity index (χ3v) is 5.95. The highest BCUT2D eigenvalue weighted by atomic mass is 16.5. The molecule has 3 aromatic rings. The molecule has 3 amide bonds. The van der Waals surface area contributed by atoms with Crippen LogP contribution in [-0.2, 0) is 4.79 Å². The first-order valence-corrected chi connectivity index (χ1v) is 11.3. The summed E-state index contributed by atoms with van der Waals surface area (Å²) in [5.74, 6) is 0.0850. The molecule has 35 heavy (non-hydrogen) atoms. The van der Waals surface area contributed by atoms with E-state index in [9.17, 15) is 14.4 Å². The van der Waals surface area contributed by atoms with E-state index in [1.54, 1.807) is 65.6 Å². The van der Waals surface area contributed by atoms with Crippen molar-refractivity contribution in [1.29, 1.82) is 0 Å². The molecule has 0 radical (unpaired) electrons. The van der Waals surface area contributed by atoms with E-state index < -0.39 is 6.04 Å². The number of benzene rings is 1. The van der Waals surface area contributed by atoms with Crippen LogP contribution in [-0.4, -0.2) is 64.2 Å². The first-order chi connectivity index (χ1) is 16.9. The number of piperazine rings is 1. The van der Waals surface area contributed by atoms with Crippen molar-refractivity contribution in [1.82, 2.24) is 25.1 Å². The third-order valence-electron chi connectivity index (χ3n) is 5.95.